The molecule has 2 N–H and O–H groups in total. The van der Waals surface area contributed by atoms with E-state index in [1.807, 2.05) is 13.8 Å². The lowest BCUT2D eigenvalue weighted by atomic mass is 10.0. The first kappa shape index (κ1) is 17.0. The highest BCUT2D eigenvalue weighted by Crippen LogP contribution is 2.22. The van der Waals surface area contributed by atoms with Gasteiger partial charge < -0.3 is 15.3 Å². The number of aliphatic carboxylic acids is 1. The summed E-state index contributed by atoms with van der Waals surface area (Å²) in [7, 11) is 0. The predicted molar refractivity (Wildman–Crippen MR) is 86.4 cm³/mol. The Balaban J connectivity index is 2.13. The molecule has 124 valence electrons. The standard InChI is InChI=1S/C17H22N2O4/c1-11(2)9-14(17(22)23)18-16(21)12-5-3-6-13(10-12)19-8-4-7-15(19)20/h3,5-6,10-11,14H,4,7-9H2,1-2H3,(H,18,21)(H,22,23). The number of carboxylic acid groups (broad SMARTS) is 1. The maximum absolute atomic E-state index is 12.3. The maximum atomic E-state index is 12.3. The summed E-state index contributed by atoms with van der Waals surface area (Å²) < 4.78 is 0. The molecule has 1 aromatic carbocycles. The quantitative estimate of drug-likeness (QED) is 0.840. The van der Waals surface area contributed by atoms with Crippen molar-refractivity contribution >= 4 is 23.5 Å². The van der Waals surface area contributed by atoms with Gasteiger partial charge in [0.1, 0.15) is 6.04 Å². The highest BCUT2D eigenvalue weighted by molar-refractivity contribution is 6.00. The number of amides is 2. The average molecular weight is 318 g/mol. The molecule has 1 fully saturated rings. The summed E-state index contributed by atoms with van der Waals surface area (Å²) in [5.74, 6) is -1.28. The van der Waals surface area contributed by atoms with Gasteiger partial charge in [0.2, 0.25) is 5.91 Å². The molecule has 2 amide bonds. The van der Waals surface area contributed by atoms with Crippen LogP contribution in [0.5, 0.6) is 0 Å². The molecule has 0 bridgehead atoms. The molecule has 0 aliphatic carbocycles. The van der Waals surface area contributed by atoms with Crippen LogP contribution in [0.15, 0.2) is 24.3 Å². The van der Waals surface area contributed by atoms with Crippen molar-refractivity contribution in [3.63, 3.8) is 0 Å². The van der Waals surface area contributed by atoms with Crippen LogP contribution < -0.4 is 10.2 Å². The van der Waals surface area contributed by atoms with Crippen molar-refractivity contribution < 1.29 is 19.5 Å². The number of carboxylic acids is 1. The number of nitrogens with zero attached hydrogens (tertiary/aromatic N) is 1. The van der Waals surface area contributed by atoms with Gasteiger partial charge in [-0.2, -0.15) is 0 Å². The Bertz CT molecular complexity index is 612. The molecular weight excluding hydrogens is 296 g/mol. The highest BCUT2D eigenvalue weighted by atomic mass is 16.4. The number of hydrogen-bond donors (Lipinski definition) is 2. The Morgan fingerprint density at radius 2 is 2.09 bits per heavy atom. The van der Waals surface area contributed by atoms with Crippen molar-refractivity contribution in [1.29, 1.82) is 0 Å². The van der Waals surface area contributed by atoms with E-state index in [9.17, 15) is 19.5 Å². The molecule has 1 saturated heterocycles. The lowest BCUT2D eigenvalue weighted by Crippen LogP contribution is -2.41. The molecule has 1 heterocycles. The van der Waals surface area contributed by atoms with E-state index in [4.69, 9.17) is 0 Å². The van der Waals surface area contributed by atoms with Gasteiger partial charge >= 0.3 is 5.97 Å². The minimum Gasteiger partial charge on any atom is -0.480 e. The first-order valence-electron chi connectivity index (χ1n) is 7.82. The van der Waals surface area contributed by atoms with Gasteiger partial charge in [0, 0.05) is 24.2 Å². The van der Waals surface area contributed by atoms with Crippen molar-refractivity contribution in [1.82, 2.24) is 5.32 Å². The normalized spacial score (nSPS) is 15.8. The summed E-state index contributed by atoms with van der Waals surface area (Å²) >= 11 is 0. The van der Waals surface area contributed by atoms with Gasteiger partial charge in [0.25, 0.3) is 5.91 Å². The summed E-state index contributed by atoms with van der Waals surface area (Å²) in [4.78, 5) is 37.0. The topological polar surface area (TPSA) is 86.7 Å². The predicted octanol–water partition coefficient (Wildman–Crippen LogP) is 2.04. The van der Waals surface area contributed by atoms with E-state index in [1.54, 1.807) is 29.2 Å². The third kappa shape index (κ3) is 4.31. The molecule has 1 unspecified atom stereocenters. The zero-order valence-corrected chi connectivity index (χ0v) is 13.4. The first-order valence-corrected chi connectivity index (χ1v) is 7.82. The molecule has 0 spiro atoms. The summed E-state index contributed by atoms with van der Waals surface area (Å²) in [6, 6.07) is 5.82. The van der Waals surface area contributed by atoms with Crippen LogP contribution in [-0.2, 0) is 9.59 Å². The second-order valence-corrected chi connectivity index (χ2v) is 6.19. The third-order valence-corrected chi connectivity index (χ3v) is 3.80. The van der Waals surface area contributed by atoms with Crippen LogP contribution in [0.25, 0.3) is 0 Å². The van der Waals surface area contributed by atoms with E-state index in [1.165, 1.54) is 0 Å². The number of carbonyl (C=O) groups is 3. The Morgan fingerprint density at radius 3 is 2.65 bits per heavy atom. The molecule has 1 aliphatic heterocycles. The number of rotatable bonds is 6. The second-order valence-electron chi connectivity index (χ2n) is 6.19. The number of benzene rings is 1. The molecule has 0 aromatic heterocycles. The molecule has 2 rings (SSSR count). The minimum absolute atomic E-state index is 0.0470. The van der Waals surface area contributed by atoms with E-state index in [0.717, 1.165) is 6.42 Å². The van der Waals surface area contributed by atoms with Gasteiger partial charge in [-0.3, -0.25) is 9.59 Å². The average Bonchev–Trinajstić information content (AvgIpc) is 2.92. The molecular formula is C17H22N2O4. The number of carbonyl (C=O) groups excluding carboxylic acids is 2. The zero-order valence-electron chi connectivity index (χ0n) is 13.4. The van der Waals surface area contributed by atoms with E-state index < -0.39 is 17.9 Å². The SMILES string of the molecule is CC(C)CC(NC(=O)c1cccc(N2CCCC2=O)c1)C(=O)O. The lowest BCUT2D eigenvalue weighted by Gasteiger charge is -2.18. The molecule has 1 aliphatic rings. The van der Waals surface area contributed by atoms with Gasteiger partial charge in [-0.1, -0.05) is 19.9 Å². The molecule has 23 heavy (non-hydrogen) atoms. The monoisotopic (exact) mass is 318 g/mol. The fourth-order valence-corrected chi connectivity index (χ4v) is 2.67. The van der Waals surface area contributed by atoms with Crippen LogP contribution in [0.3, 0.4) is 0 Å². The Labute approximate surface area is 135 Å². The molecule has 0 saturated carbocycles. The summed E-state index contributed by atoms with van der Waals surface area (Å²) in [6.07, 6.45) is 1.70. The van der Waals surface area contributed by atoms with Crippen molar-refractivity contribution in [2.75, 3.05) is 11.4 Å². The van der Waals surface area contributed by atoms with Crippen LogP contribution in [-0.4, -0.2) is 35.5 Å². The van der Waals surface area contributed by atoms with E-state index >= 15 is 0 Å². The summed E-state index contributed by atoms with van der Waals surface area (Å²) in [5.41, 5.74) is 1.04. The molecule has 0 radical (unpaired) electrons. The lowest BCUT2D eigenvalue weighted by molar-refractivity contribution is -0.139. The van der Waals surface area contributed by atoms with Crippen LogP contribution >= 0.6 is 0 Å². The van der Waals surface area contributed by atoms with Gasteiger partial charge in [0.15, 0.2) is 0 Å². The fourth-order valence-electron chi connectivity index (χ4n) is 2.67. The summed E-state index contributed by atoms with van der Waals surface area (Å²) in [5, 5.41) is 11.8. The molecule has 1 atom stereocenters. The van der Waals surface area contributed by atoms with Gasteiger partial charge in [0.05, 0.1) is 0 Å². The number of anilines is 1. The third-order valence-electron chi connectivity index (χ3n) is 3.80. The van der Waals surface area contributed by atoms with Crippen molar-refractivity contribution in [2.45, 2.75) is 39.2 Å². The highest BCUT2D eigenvalue weighted by Gasteiger charge is 2.24. The largest absolute Gasteiger partial charge is 0.480 e. The van der Waals surface area contributed by atoms with Gasteiger partial charge in [-0.25, -0.2) is 4.79 Å². The smallest absolute Gasteiger partial charge is 0.326 e. The van der Waals surface area contributed by atoms with E-state index in [-0.39, 0.29) is 11.8 Å². The van der Waals surface area contributed by atoms with Crippen LogP contribution in [0.1, 0.15) is 43.5 Å². The minimum atomic E-state index is -1.04. The second kappa shape index (κ2) is 7.26. The van der Waals surface area contributed by atoms with Crippen molar-refractivity contribution in [2.24, 2.45) is 5.92 Å². The zero-order chi connectivity index (χ0) is 17.0. The summed E-state index contributed by atoms with van der Waals surface area (Å²) in [6.45, 7) is 4.46. The number of nitrogens with one attached hydrogen (secondary N) is 1. The molecule has 6 nitrogen and oxygen atoms in total. The van der Waals surface area contributed by atoms with Crippen molar-refractivity contribution in [3.05, 3.63) is 29.8 Å². The molecule has 1 aromatic rings. The molecule has 6 heteroatoms. The van der Waals surface area contributed by atoms with Crippen LogP contribution in [0, 0.1) is 5.92 Å². The number of hydrogen-bond acceptors (Lipinski definition) is 3. The van der Waals surface area contributed by atoms with Crippen LogP contribution in [0.4, 0.5) is 5.69 Å². The maximum Gasteiger partial charge on any atom is 0.326 e. The fraction of sp³-hybridized carbons (Fsp3) is 0.471. The van der Waals surface area contributed by atoms with Gasteiger partial charge in [-0.05, 0) is 37.0 Å². The van der Waals surface area contributed by atoms with E-state index in [2.05, 4.69) is 5.32 Å². The van der Waals surface area contributed by atoms with Gasteiger partial charge in [-0.15, -0.1) is 0 Å². The van der Waals surface area contributed by atoms with Crippen molar-refractivity contribution in [3.8, 4) is 0 Å². The van der Waals surface area contributed by atoms with Crippen LogP contribution in [0.2, 0.25) is 0 Å². The Hall–Kier alpha value is -2.37. The Kier molecular flexibility index (Phi) is 5.36. The Morgan fingerprint density at radius 1 is 1.35 bits per heavy atom. The van der Waals surface area contributed by atoms with E-state index in [0.29, 0.717) is 30.6 Å². The first-order chi connectivity index (χ1) is 10.9.